The molecule has 2 aliphatic rings. The van der Waals surface area contributed by atoms with E-state index in [4.69, 9.17) is 4.74 Å². The third-order valence-corrected chi connectivity index (χ3v) is 5.76. The van der Waals surface area contributed by atoms with Crippen LogP contribution in [0, 0.1) is 19.8 Å². The Balaban J connectivity index is 1.29. The molecule has 3 aromatic rings. The molecule has 0 unspecified atom stereocenters. The number of carbonyl (C=O) groups is 1. The number of hydrogen-bond acceptors (Lipinski definition) is 6. The lowest BCUT2D eigenvalue weighted by Crippen LogP contribution is -2.36. The molecular weight excluding hydrogens is 380 g/mol. The van der Waals surface area contributed by atoms with Gasteiger partial charge in [0.25, 0.3) is 0 Å². The molecule has 1 saturated carbocycles. The van der Waals surface area contributed by atoms with Gasteiger partial charge in [-0.05, 0) is 56.4 Å². The van der Waals surface area contributed by atoms with Crippen LogP contribution in [0.15, 0.2) is 30.6 Å². The van der Waals surface area contributed by atoms with Crippen molar-refractivity contribution in [3.63, 3.8) is 0 Å². The summed E-state index contributed by atoms with van der Waals surface area (Å²) in [6, 6.07) is 5.90. The zero-order chi connectivity index (χ0) is 20.7. The van der Waals surface area contributed by atoms with Crippen molar-refractivity contribution in [2.45, 2.75) is 46.3 Å². The maximum atomic E-state index is 12.3. The molecule has 1 aliphatic carbocycles. The van der Waals surface area contributed by atoms with Gasteiger partial charge in [0.05, 0.1) is 17.6 Å². The van der Waals surface area contributed by atoms with Crippen LogP contribution in [0.5, 0.6) is 5.88 Å². The molecule has 0 atom stereocenters. The predicted molar refractivity (Wildman–Crippen MR) is 109 cm³/mol. The lowest BCUT2D eigenvalue weighted by atomic mass is 10.0. The number of amides is 1. The number of fused-ring (bicyclic) bond motifs is 1. The molecule has 4 heterocycles. The lowest BCUT2D eigenvalue weighted by Gasteiger charge is -2.29. The van der Waals surface area contributed by atoms with E-state index in [0.29, 0.717) is 24.9 Å². The summed E-state index contributed by atoms with van der Waals surface area (Å²) in [7, 11) is 0. The molecule has 5 rings (SSSR count). The molecule has 0 aromatic carbocycles. The Labute approximate surface area is 174 Å². The molecule has 3 aromatic heterocycles. The average Bonchev–Trinajstić information content (AvgIpc) is 3.55. The number of aromatic nitrogens is 5. The van der Waals surface area contributed by atoms with E-state index in [9.17, 15) is 4.79 Å². The van der Waals surface area contributed by atoms with E-state index in [1.165, 1.54) is 5.56 Å². The molecule has 0 bridgehead atoms. The summed E-state index contributed by atoms with van der Waals surface area (Å²) in [6.07, 6.45) is 6.52. The van der Waals surface area contributed by atoms with Crippen molar-refractivity contribution in [3.05, 3.63) is 58.8 Å². The second-order valence-corrected chi connectivity index (χ2v) is 8.06. The number of ether oxygens (including phenoxy) is 1. The topological polar surface area (TPSA) is 86.0 Å². The Morgan fingerprint density at radius 2 is 2.03 bits per heavy atom. The summed E-state index contributed by atoms with van der Waals surface area (Å²) in [5.41, 5.74) is 5.77. The van der Waals surface area contributed by atoms with E-state index in [1.54, 1.807) is 10.9 Å². The minimum atomic E-state index is 0.257. The minimum Gasteiger partial charge on any atom is -0.471 e. The van der Waals surface area contributed by atoms with Crippen LogP contribution in [0.2, 0.25) is 0 Å². The van der Waals surface area contributed by atoms with Gasteiger partial charge >= 0.3 is 0 Å². The summed E-state index contributed by atoms with van der Waals surface area (Å²) in [5, 5.41) is 8.42. The fraction of sp³-hybridized carbons (Fsp3) is 0.409. The highest BCUT2D eigenvalue weighted by molar-refractivity contribution is 5.81. The van der Waals surface area contributed by atoms with Gasteiger partial charge in [0.15, 0.2) is 0 Å². The first-order chi connectivity index (χ1) is 14.6. The third kappa shape index (κ3) is 3.65. The molecule has 1 amide bonds. The number of aryl methyl sites for hydroxylation is 2. The maximum Gasteiger partial charge on any atom is 0.225 e. The van der Waals surface area contributed by atoms with Crippen LogP contribution >= 0.6 is 0 Å². The van der Waals surface area contributed by atoms with Crippen LogP contribution in [-0.2, 0) is 24.4 Å². The minimum absolute atomic E-state index is 0.257. The summed E-state index contributed by atoms with van der Waals surface area (Å²) >= 11 is 0. The van der Waals surface area contributed by atoms with Gasteiger partial charge in [-0.2, -0.15) is 0 Å². The van der Waals surface area contributed by atoms with Crippen molar-refractivity contribution in [2.75, 3.05) is 6.54 Å². The molecule has 0 spiro atoms. The molecule has 8 nitrogen and oxygen atoms in total. The van der Waals surface area contributed by atoms with Crippen LogP contribution < -0.4 is 4.74 Å². The van der Waals surface area contributed by atoms with E-state index in [-0.39, 0.29) is 5.92 Å². The van der Waals surface area contributed by atoms with Crippen molar-refractivity contribution >= 4 is 5.91 Å². The molecule has 1 aliphatic heterocycles. The van der Waals surface area contributed by atoms with E-state index in [0.717, 1.165) is 54.1 Å². The Kier molecular flexibility index (Phi) is 4.69. The van der Waals surface area contributed by atoms with Crippen LogP contribution in [0.1, 0.15) is 41.1 Å². The molecule has 154 valence electrons. The van der Waals surface area contributed by atoms with Crippen molar-refractivity contribution in [3.8, 4) is 11.6 Å². The SMILES string of the molecule is Cc1ccc(-n2nnc(C)c2COc2cc3c(cn2)CN(C(=O)C2CC2)CC3)cn1. The van der Waals surface area contributed by atoms with E-state index in [2.05, 4.69) is 20.3 Å². The maximum absolute atomic E-state index is 12.3. The first kappa shape index (κ1) is 18.7. The van der Waals surface area contributed by atoms with E-state index < -0.39 is 0 Å². The molecule has 30 heavy (non-hydrogen) atoms. The van der Waals surface area contributed by atoms with Gasteiger partial charge in [-0.15, -0.1) is 5.10 Å². The fourth-order valence-corrected chi connectivity index (χ4v) is 3.75. The highest BCUT2D eigenvalue weighted by atomic mass is 16.5. The second-order valence-electron chi connectivity index (χ2n) is 8.06. The van der Waals surface area contributed by atoms with E-state index in [1.807, 2.05) is 43.1 Å². The Bertz CT molecular complexity index is 1090. The molecule has 0 radical (unpaired) electrons. The second kappa shape index (κ2) is 7.51. The van der Waals surface area contributed by atoms with Crippen LogP contribution in [0.4, 0.5) is 0 Å². The number of nitrogens with zero attached hydrogens (tertiary/aromatic N) is 6. The summed E-state index contributed by atoms with van der Waals surface area (Å²) in [6.45, 7) is 5.58. The van der Waals surface area contributed by atoms with Gasteiger partial charge in [0.1, 0.15) is 12.3 Å². The lowest BCUT2D eigenvalue weighted by molar-refractivity contribution is -0.133. The molecule has 8 heteroatoms. The third-order valence-electron chi connectivity index (χ3n) is 5.76. The van der Waals surface area contributed by atoms with Gasteiger partial charge in [-0.1, -0.05) is 5.21 Å². The van der Waals surface area contributed by atoms with Gasteiger partial charge < -0.3 is 9.64 Å². The number of hydrogen-bond donors (Lipinski definition) is 0. The average molecular weight is 404 g/mol. The first-order valence-corrected chi connectivity index (χ1v) is 10.3. The summed E-state index contributed by atoms with van der Waals surface area (Å²) in [4.78, 5) is 23.1. The Hall–Kier alpha value is -3.29. The monoisotopic (exact) mass is 404 g/mol. The molecule has 0 N–H and O–H groups in total. The number of carbonyl (C=O) groups excluding carboxylic acids is 1. The largest absolute Gasteiger partial charge is 0.471 e. The summed E-state index contributed by atoms with van der Waals surface area (Å²) in [5.74, 6) is 1.13. The standard InChI is InChI=1S/C22H24N6O2/c1-14-3-6-19(11-23-14)28-20(15(2)25-26-28)13-30-21-9-17-7-8-27(12-18(17)10-24-21)22(29)16-4-5-16/h3,6,9-11,16H,4-5,7-8,12-13H2,1-2H3. The van der Waals surface area contributed by atoms with E-state index >= 15 is 0 Å². The number of rotatable bonds is 5. The normalized spacial score (nSPS) is 15.7. The molecule has 1 fully saturated rings. The van der Waals surface area contributed by atoms with Crippen molar-refractivity contribution < 1.29 is 9.53 Å². The molecular formula is C22H24N6O2. The zero-order valence-electron chi connectivity index (χ0n) is 17.2. The van der Waals surface area contributed by atoms with Gasteiger partial charge in [-0.3, -0.25) is 9.78 Å². The fourth-order valence-electron chi connectivity index (χ4n) is 3.75. The number of pyridine rings is 2. The van der Waals surface area contributed by atoms with Gasteiger partial charge in [-0.25, -0.2) is 9.67 Å². The van der Waals surface area contributed by atoms with Gasteiger partial charge in [0.2, 0.25) is 11.8 Å². The Morgan fingerprint density at radius 1 is 1.17 bits per heavy atom. The Morgan fingerprint density at radius 3 is 2.80 bits per heavy atom. The highest BCUT2D eigenvalue weighted by Gasteiger charge is 2.34. The van der Waals surface area contributed by atoms with Crippen molar-refractivity contribution in [1.29, 1.82) is 0 Å². The molecule has 0 saturated heterocycles. The quantitative estimate of drug-likeness (QED) is 0.650. The first-order valence-electron chi connectivity index (χ1n) is 10.3. The predicted octanol–water partition coefficient (Wildman–Crippen LogP) is 2.55. The van der Waals surface area contributed by atoms with Crippen LogP contribution in [-0.4, -0.2) is 42.3 Å². The van der Waals surface area contributed by atoms with Crippen LogP contribution in [0.25, 0.3) is 5.69 Å². The van der Waals surface area contributed by atoms with Crippen LogP contribution in [0.3, 0.4) is 0 Å². The smallest absolute Gasteiger partial charge is 0.225 e. The van der Waals surface area contributed by atoms with Crippen molar-refractivity contribution in [1.82, 2.24) is 29.9 Å². The van der Waals surface area contributed by atoms with Crippen molar-refractivity contribution in [2.24, 2.45) is 5.92 Å². The van der Waals surface area contributed by atoms with Gasteiger partial charge in [0, 0.05) is 37.0 Å². The summed E-state index contributed by atoms with van der Waals surface area (Å²) < 4.78 is 7.74. The highest BCUT2D eigenvalue weighted by Crippen LogP contribution is 2.33. The zero-order valence-corrected chi connectivity index (χ0v) is 17.2.